The first-order valence-corrected chi connectivity index (χ1v) is 12.9. The number of carboxylic acid groups (broad SMARTS) is 1. The molecule has 14 N–H and O–H groups in total. The van der Waals surface area contributed by atoms with Gasteiger partial charge in [0.25, 0.3) is 0 Å². The van der Waals surface area contributed by atoms with E-state index in [4.69, 9.17) is 28.7 Å². The Kier molecular flexibility index (Phi) is 15.3. The number of rotatable bonds is 19. The number of primary amides is 1. The summed E-state index contributed by atoms with van der Waals surface area (Å²) in [4.78, 5) is 65.9. The third-order valence-electron chi connectivity index (χ3n) is 5.81. The van der Waals surface area contributed by atoms with Crippen LogP contribution >= 0.6 is 0 Å². The number of hydrogen-bond acceptors (Lipinski definition) is 8. The zero-order chi connectivity index (χ0) is 30.1. The number of nitrogens with zero attached hydrogens (tertiary/aromatic N) is 1. The normalized spacial score (nSPS) is 13.7. The van der Waals surface area contributed by atoms with E-state index in [2.05, 4.69) is 20.9 Å². The average molecular weight is 564 g/mol. The number of hydrogen-bond donors (Lipinski definition) is 9. The van der Waals surface area contributed by atoms with Gasteiger partial charge in [-0.3, -0.25) is 24.2 Å². The molecule has 1 rings (SSSR count). The van der Waals surface area contributed by atoms with Gasteiger partial charge < -0.3 is 49.7 Å². The maximum atomic E-state index is 13.2. The maximum Gasteiger partial charge on any atom is 0.326 e. The fourth-order valence-electron chi connectivity index (χ4n) is 3.72. The molecule has 4 atom stereocenters. The van der Waals surface area contributed by atoms with Crippen molar-refractivity contribution in [3.05, 3.63) is 35.9 Å². The quantitative estimate of drug-likeness (QED) is 0.0471. The Hall–Kier alpha value is -4.24. The summed E-state index contributed by atoms with van der Waals surface area (Å²) in [7, 11) is 0. The van der Waals surface area contributed by atoms with Gasteiger partial charge in [-0.2, -0.15) is 0 Å². The van der Waals surface area contributed by atoms with Crippen LogP contribution < -0.4 is 44.6 Å². The van der Waals surface area contributed by atoms with Gasteiger partial charge in [-0.05, 0) is 50.6 Å². The second kappa shape index (κ2) is 18.1. The topological polar surface area (TPSA) is 284 Å². The maximum absolute atomic E-state index is 13.2. The van der Waals surface area contributed by atoms with Crippen LogP contribution in [-0.4, -0.2) is 77.9 Å². The van der Waals surface area contributed by atoms with Crippen molar-refractivity contribution in [2.75, 3.05) is 13.1 Å². The summed E-state index contributed by atoms with van der Waals surface area (Å²) in [5.74, 6) is -4.68. The van der Waals surface area contributed by atoms with Gasteiger partial charge in [0.05, 0.1) is 12.5 Å². The molecule has 0 aliphatic rings. The molecule has 1 aromatic rings. The zero-order valence-corrected chi connectivity index (χ0v) is 22.4. The van der Waals surface area contributed by atoms with E-state index in [-0.39, 0.29) is 38.2 Å². The Morgan fingerprint density at radius 3 is 1.95 bits per heavy atom. The minimum absolute atomic E-state index is 0.0217. The number of nitrogens with two attached hydrogens (primary N) is 5. The van der Waals surface area contributed by atoms with Crippen LogP contribution in [0.1, 0.15) is 44.1 Å². The van der Waals surface area contributed by atoms with Crippen molar-refractivity contribution in [2.45, 2.75) is 69.1 Å². The number of amides is 4. The molecule has 0 saturated carbocycles. The van der Waals surface area contributed by atoms with E-state index >= 15 is 0 Å². The highest BCUT2D eigenvalue weighted by Crippen LogP contribution is 2.07. The minimum atomic E-state index is -1.49. The lowest BCUT2D eigenvalue weighted by Crippen LogP contribution is -2.57. The SMILES string of the molecule is NCCCCC(NC(=O)C(N)Cc1ccccc1)C(=O)NC(CC(N)=O)C(=O)NC(CCCN=C(N)N)C(=O)O. The minimum Gasteiger partial charge on any atom is -0.480 e. The lowest BCUT2D eigenvalue weighted by atomic mass is 10.0. The molecule has 0 saturated heterocycles. The second-order valence-corrected chi connectivity index (χ2v) is 9.22. The standard InChI is InChI=1S/C25H41N9O6/c26-11-5-4-9-17(32-21(36)16(27)13-15-7-2-1-3-8-15)22(37)34-19(14-20(28)35)23(38)33-18(24(39)40)10-6-12-31-25(29)30/h1-3,7-8,16-19H,4-6,9-14,26-27H2,(H2,28,35)(H,32,36)(H,33,38)(H,34,37)(H,39,40)(H4,29,30,31). The van der Waals surface area contributed by atoms with E-state index in [0.717, 1.165) is 5.56 Å². The molecular formula is C25H41N9O6. The monoisotopic (exact) mass is 563 g/mol. The van der Waals surface area contributed by atoms with Crippen molar-refractivity contribution in [3.63, 3.8) is 0 Å². The van der Waals surface area contributed by atoms with Gasteiger partial charge in [0.1, 0.15) is 18.1 Å². The van der Waals surface area contributed by atoms with Crippen LogP contribution in [0.3, 0.4) is 0 Å². The second-order valence-electron chi connectivity index (χ2n) is 9.22. The van der Waals surface area contributed by atoms with E-state index in [9.17, 15) is 29.1 Å². The number of carbonyl (C=O) groups excluding carboxylic acids is 4. The molecule has 0 spiro atoms. The van der Waals surface area contributed by atoms with E-state index in [0.29, 0.717) is 19.4 Å². The number of aliphatic carboxylic acids is 1. The fourth-order valence-corrected chi connectivity index (χ4v) is 3.72. The highest BCUT2D eigenvalue weighted by atomic mass is 16.4. The van der Waals surface area contributed by atoms with Crippen molar-refractivity contribution in [1.82, 2.24) is 16.0 Å². The molecule has 4 amide bonds. The Balaban J connectivity index is 2.95. The Labute approximate surface area is 232 Å². The zero-order valence-electron chi connectivity index (χ0n) is 22.4. The molecule has 0 heterocycles. The van der Waals surface area contributed by atoms with Gasteiger partial charge >= 0.3 is 5.97 Å². The van der Waals surface area contributed by atoms with Crippen LogP contribution in [0, 0.1) is 0 Å². The molecule has 4 unspecified atom stereocenters. The molecule has 222 valence electrons. The Bertz CT molecular complexity index is 1020. The van der Waals surface area contributed by atoms with E-state index in [1.807, 2.05) is 30.3 Å². The van der Waals surface area contributed by atoms with Gasteiger partial charge in [0.15, 0.2) is 5.96 Å². The number of nitrogens with one attached hydrogen (secondary N) is 3. The molecule has 0 aromatic heterocycles. The third-order valence-corrected chi connectivity index (χ3v) is 5.81. The molecule has 15 heteroatoms. The van der Waals surface area contributed by atoms with Crippen molar-refractivity contribution >= 4 is 35.6 Å². The summed E-state index contributed by atoms with van der Waals surface area (Å²) in [5, 5.41) is 16.8. The largest absolute Gasteiger partial charge is 0.480 e. The smallest absolute Gasteiger partial charge is 0.326 e. The number of unbranched alkanes of at least 4 members (excludes halogenated alkanes) is 1. The predicted octanol–water partition coefficient (Wildman–Crippen LogP) is -2.85. The lowest BCUT2D eigenvalue weighted by Gasteiger charge is -2.25. The Morgan fingerprint density at radius 1 is 0.800 bits per heavy atom. The first kappa shape index (κ1) is 33.8. The van der Waals surface area contributed by atoms with Gasteiger partial charge in [-0.25, -0.2) is 4.79 Å². The van der Waals surface area contributed by atoms with Crippen LogP contribution in [0.5, 0.6) is 0 Å². The van der Waals surface area contributed by atoms with Gasteiger partial charge in [-0.1, -0.05) is 30.3 Å². The number of carbonyl (C=O) groups is 5. The van der Waals surface area contributed by atoms with Crippen molar-refractivity contribution in [1.29, 1.82) is 0 Å². The van der Waals surface area contributed by atoms with Crippen molar-refractivity contribution < 1.29 is 29.1 Å². The number of carboxylic acids is 1. The average Bonchev–Trinajstić information content (AvgIpc) is 2.89. The molecule has 1 aromatic carbocycles. The highest BCUT2D eigenvalue weighted by molar-refractivity contribution is 5.96. The van der Waals surface area contributed by atoms with Crippen LogP contribution in [-0.2, 0) is 30.4 Å². The number of guanidine groups is 1. The van der Waals surface area contributed by atoms with Gasteiger partial charge in [0.2, 0.25) is 23.6 Å². The predicted molar refractivity (Wildman–Crippen MR) is 148 cm³/mol. The van der Waals surface area contributed by atoms with Crippen molar-refractivity contribution in [2.24, 2.45) is 33.7 Å². The highest BCUT2D eigenvalue weighted by Gasteiger charge is 2.31. The summed E-state index contributed by atoms with van der Waals surface area (Å²) in [5.41, 5.74) is 28.2. The van der Waals surface area contributed by atoms with Crippen LogP contribution in [0.25, 0.3) is 0 Å². The molecule has 0 aliphatic carbocycles. The third kappa shape index (κ3) is 13.5. The summed E-state index contributed by atoms with van der Waals surface area (Å²) in [6.45, 7) is 0.502. The van der Waals surface area contributed by atoms with E-state index in [1.54, 1.807) is 0 Å². The number of aliphatic imine (C=N–C) groups is 1. The molecule has 0 aliphatic heterocycles. The first-order valence-electron chi connectivity index (χ1n) is 12.9. The molecule has 0 fully saturated rings. The van der Waals surface area contributed by atoms with Crippen molar-refractivity contribution in [3.8, 4) is 0 Å². The molecule has 0 radical (unpaired) electrons. The first-order chi connectivity index (χ1) is 18.9. The van der Waals surface area contributed by atoms with Crippen LogP contribution in [0.2, 0.25) is 0 Å². The molecule has 0 bridgehead atoms. The lowest BCUT2D eigenvalue weighted by molar-refractivity contribution is -0.142. The summed E-state index contributed by atoms with van der Waals surface area (Å²) in [6.07, 6.45) is 1.07. The fraction of sp³-hybridized carbons (Fsp3) is 0.520. The summed E-state index contributed by atoms with van der Waals surface area (Å²) < 4.78 is 0. The Morgan fingerprint density at radius 2 is 1.38 bits per heavy atom. The number of benzene rings is 1. The van der Waals surface area contributed by atoms with Crippen LogP contribution in [0.4, 0.5) is 0 Å². The van der Waals surface area contributed by atoms with Crippen LogP contribution in [0.15, 0.2) is 35.3 Å². The molecule has 15 nitrogen and oxygen atoms in total. The summed E-state index contributed by atoms with van der Waals surface area (Å²) in [6, 6.07) is 4.20. The van der Waals surface area contributed by atoms with E-state index < -0.39 is 60.2 Å². The summed E-state index contributed by atoms with van der Waals surface area (Å²) >= 11 is 0. The van der Waals surface area contributed by atoms with Gasteiger partial charge in [-0.15, -0.1) is 0 Å². The van der Waals surface area contributed by atoms with Gasteiger partial charge in [0, 0.05) is 6.54 Å². The molecular weight excluding hydrogens is 522 g/mol. The molecule has 40 heavy (non-hydrogen) atoms. The van der Waals surface area contributed by atoms with E-state index in [1.165, 1.54) is 0 Å².